The first-order valence-corrected chi connectivity index (χ1v) is 5.48. The number of aryl methyl sites for hydroxylation is 1. The van der Waals surface area contributed by atoms with Gasteiger partial charge in [-0.05, 0) is 0 Å². The van der Waals surface area contributed by atoms with E-state index in [1.807, 2.05) is 0 Å². The molecule has 0 aliphatic carbocycles. The van der Waals surface area contributed by atoms with Gasteiger partial charge in [0.15, 0.2) is 9.84 Å². The number of rotatable bonds is 0. The molecule has 0 atom stereocenters. The third kappa shape index (κ3) is 1.12. The maximum Gasteiger partial charge on any atom is 0.156 e. The molecule has 1 aromatic heterocycles. The van der Waals surface area contributed by atoms with E-state index in [4.69, 9.17) is 0 Å². The molecule has 0 unspecified atom stereocenters. The first-order chi connectivity index (χ1) is 5.58. The Bertz CT molecular complexity index is 406. The summed E-state index contributed by atoms with van der Waals surface area (Å²) in [7, 11) is -1.12. The van der Waals surface area contributed by atoms with Gasteiger partial charge in [-0.1, -0.05) is 5.21 Å². The fourth-order valence-electron chi connectivity index (χ4n) is 1.37. The Kier molecular flexibility index (Phi) is 1.47. The largest absolute Gasteiger partial charge is 0.252 e. The second-order valence-electron chi connectivity index (χ2n) is 2.95. The molecule has 0 fully saturated rings. The van der Waals surface area contributed by atoms with Crippen LogP contribution < -0.4 is 0 Å². The van der Waals surface area contributed by atoms with Crippen LogP contribution in [0.25, 0.3) is 0 Å². The van der Waals surface area contributed by atoms with Gasteiger partial charge in [0.25, 0.3) is 0 Å². The zero-order chi connectivity index (χ0) is 8.77. The summed E-state index contributed by atoms with van der Waals surface area (Å²) in [6, 6.07) is 0. The van der Waals surface area contributed by atoms with E-state index in [2.05, 4.69) is 10.3 Å². The molecular weight excluding hydrogens is 178 g/mol. The molecule has 0 bridgehead atoms. The summed E-state index contributed by atoms with van der Waals surface area (Å²) < 4.78 is 23.9. The molecule has 6 heteroatoms. The number of fused-ring (bicyclic) bond motifs is 1. The number of sulfone groups is 1. The minimum atomic E-state index is -2.90. The summed E-state index contributed by atoms with van der Waals surface area (Å²) >= 11 is 0. The molecule has 0 saturated carbocycles. The number of nitrogens with zero attached hydrogens (tertiary/aromatic N) is 3. The lowest BCUT2D eigenvalue weighted by Crippen LogP contribution is -2.20. The lowest BCUT2D eigenvalue weighted by atomic mass is 10.3. The zero-order valence-electron chi connectivity index (χ0n) is 6.69. The van der Waals surface area contributed by atoms with E-state index in [9.17, 15) is 8.42 Å². The van der Waals surface area contributed by atoms with Gasteiger partial charge in [0.1, 0.15) is 5.69 Å². The smallest absolute Gasteiger partial charge is 0.156 e. The van der Waals surface area contributed by atoms with Gasteiger partial charge < -0.3 is 0 Å². The van der Waals surface area contributed by atoms with Crippen molar-refractivity contribution in [2.24, 2.45) is 7.05 Å². The average Bonchev–Trinajstić information content (AvgIpc) is 2.30. The van der Waals surface area contributed by atoms with Crippen LogP contribution in [0, 0.1) is 0 Å². The molecule has 0 N–H and O–H groups in total. The molecule has 2 rings (SSSR count). The lowest BCUT2D eigenvalue weighted by Gasteiger charge is -2.10. The quantitative estimate of drug-likeness (QED) is 0.538. The molecular formula is C6H9N3O2S. The highest BCUT2D eigenvalue weighted by molar-refractivity contribution is 7.90. The minimum Gasteiger partial charge on any atom is -0.252 e. The van der Waals surface area contributed by atoms with Crippen molar-refractivity contribution in [3.63, 3.8) is 0 Å². The van der Waals surface area contributed by atoms with Crippen LogP contribution in [0.4, 0.5) is 0 Å². The predicted molar refractivity (Wildman–Crippen MR) is 42.2 cm³/mol. The lowest BCUT2D eigenvalue weighted by molar-refractivity contribution is 0.589. The summed E-state index contributed by atoms with van der Waals surface area (Å²) in [5.74, 6) is 0.275. The highest BCUT2D eigenvalue weighted by atomic mass is 32.2. The molecule has 0 spiro atoms. The topological polar surface area (TPSA) is 64.8 Å². The van der Waals surface area contributed by atoms with E-state index in [0.717, 1.165) is 5.69 Å². The second kappa shape index (κ2) is 2.29. The Morgan fingerprint density at radius 1 is 1.50 bits per heavy atom. The highest BCUT2D eigenvalue weighted by Gasteiger charge is 2.25. The van der Waals surface area contributed by atoms with Crippen LogP contribution in [0.3, 0.4) is 0 Å². The number of hydrogen-bond donors (Lipinski definition) is 0. The van der Waals surface area contributed by atoms with Crippen LogP contribution >= 0.6 is 0 Å². The molecule has 0 amide bonds. The van der Waals surface area contributed by atoms with E-state index < -0.39 is 9.84 Å². The van der Waals surface area contributed by atoms with Gasteiger partial charge in [0, 0.05) is 13.5 Å². The SMILES string of the molecule is Cn1nnc2c1CCS(=O)(=O)C2. The van der Waals surface area contributed by atoms with E-state index in [-0.39, 0.29) is 11.5 Å². The first kappa shape index (κ1) is 7.72. The minimum absolute atomic E-state index is 0.0518. The Morgan fingerprint density at radius 2 is 2.25 bits per heavy atom. The van der Waals surface area contributed by atoms with E-state index in [1.165, 1.54) is 0 Å². The normalized spacial score (nSPS) is 20.4. The molecule has 0 aromatic carbocycles. The van der Waals surface area contributed by atoms with Crippen molar-refractivity contribution in [1.29, 1.82) is 0 Å². The molecule has 12 heavy (non-hydrogen) atoms. The predicted octanol–water partition coefficient (Wildman–Crippen LogP) is -0.714. The molecule has 0 radical (unpaired) electrons. The van der Waals surface area contributed by atoms with Crippen molar-refractivity contribution in [3.8, 4) is 0 Å². The summed E-state index contributed by atoms with van der Waals surface area (Å²) in [6.45, 7) is 0. The summed E-state index contributed by atoms with van der Waals surface area (Å²) in [5, 5.41) is 7.55. The molecule has 1 aliphatic rings. The zero-order valence-corrected chi connectivity index (χ0v) is 7.50. The molecule has 1 aliphatic heterocycles. The van der Waals surface area contributed by atoms with Crippen LogP contribution in [0.1, 0.15) is 11.4 Å². The molecule has 2 heterocycles. The number of aromatic nitrogens is 3. The van der Waals surface area contributed by atoms with Gasteiger partial charge >= 0.3 is 0 Å². The number of hydrogen-bond acceptors (Lipinski definition) is 4. The average molecular weight is 187 g/mol. The summed E-state index contributed by atoms with van der Waals surface area (Å²) in [6.07, 6.45) is 0.543. The van der Waals surface area contributed by atoms with Crippen LogP contribution in [0.15, 0.2) is 0 Å². The van der Waals surface area contributed by atoms with Gasteiger partial charge in [-0.25, -0.2) is 8.42 Å². The third-order valence-corrected chi connectivity index (χ3v) is 3.57. The van der Waals surface area contributed by atoms with E-state index in [0.29, 0.717) is 12.1 Å². The van der Waals surface area contributed by atoms with Crippen molar-refractivity contribution in [2.75, 3.05) is 5.75 Å². The van der Waals surface area contributed by atoms with Gasteiger partial charge in [-0.2, -0.15) is 0 Å². The monoisotopic (exact) mass is 187 g/mol. The van der Waals surface area contributed by atoms with Crippen molar-refractivity contribution in [2.45, 2.75) is 12.2 Å². The summed E-state index contributed by atoms with van der Waals surface area (Å²) in [5.41, 5.74) is 1.56. The van der Waals surface area contributed by atoms with Crippen molar-refractivity contribution in [1.82, 2.24) is 15.0 Å². The first-order valence-electron chi connectivity index (χ1n) is 3.66. The van der Waals surface area contributed by atoms with Crippen molar-refractivity contribution in [3.05, 3.63) is 11.4 Å². The van der Waals surface area contributed by atoms with E-state index >= 15 is 0 Å². The van der Waals surface area contributed by atoms with E-state index in [1.54, 1.807) is 11.7 Å². The van der Waals surface area contributed by atoms with Crippen molar-refractivity contribution < 1.29 is 8.42 Å². The standard InChI is InChI=1S/C6H9N3O2S/c1-9-6-2-3-12(10,11)4-5(6)7-8-9/h2-4H2,1H3. The Labute approximate surface area is 70.3 Å². The van der Waals surface area contributed by atoms with Crippen LogP contribution in [0.2, 0.25) is 0 Å². The fourth-order valence-corrected chi connectivity index (χ4v) is 2.66. The fraction of sp³-hybridized carbons (Fsp3) is 0.667. The van der Waals surface area contributed by atoms with Crippen LogP contribution in [-0.2, 0) is 29.1 Å². The second-order valence-corrected chi connectivity index (χ2v) is 5.13. The van der Waals surface area contributed by atoms with Gasteiger partial charge in [-0.15, -0.1) is 5.10 Å². The Morgan fingerprint density at radius 3 is 3.00 bits per heavy atom. The van der Waals surface area contributed by atoms with Gasteiger partial charge in [-0.3, -0.25) is 4.68 Å². The Balaban J connectivity index is 2.50. The van der Waals surface area contributed by atoms with Crippen molar-refractivity contribution >= 4 is 9.84 Å². The van der Waals surface area contributed by atoms with Crippen LogP contribution in [-0.4, -0.2) is 29.2 Å². The molecule has 0 saturated heterocycles. The highest BCUT2D eigenvalue weighted by Crippen LogP contribution is 2.16. The van der Waals surface area contributed by atoms with Gasteiger partial charge in [0.2, 0.25) is 0 Å². The third-order valence-electron chi connectivity index (χ3n) is 2.03. The Hall–Kier alpha value is -0.910. The van der Waals surface area contributed by atoms with Crippen LogP contribution in [0.5, 0.6) is 0 Å². The maximum absolute atomic E-state index is 11.1. The summed E-state index contributed by atoms with van der Waals surface area (Å²) in [4.78, 5) is 0. The molecule has 5 nitrogen and oxygen atoms in total. The maximum atomic E-state index is 11.1. The van der Waals surface area contributed by atoms with Gasteiger partial charge in [0.05, 0.1) is 17.2 Å². The molecule has 66 valence electrons. The molecule has 1 aromatic rings.